The van der Waals surface area contributed by atoms with E-state index in [9.17, 15) is 4.79 Å². The fraction of sp³-hybridized carbons (Fsp3) is 0.667. The van der Waals surface area contributed by atoms with Gasteiger partial charge in [0, 0.05) is 25.7 Å². The van der Waals surface area contributed by atoms with Crippen molar-refractivity contribution in [3.63, 3.8) is 0 Å². The lowest BCUT2D eigenvalue weighted by molar-refractivity contribution is -0.715. The predicted octanol–water partition coefficient (Wildman–Crippen LogP) is -0.155. The Hall–Kier alpha value is -0.670. The molecule has 0 saturated carbocycles. The Morgan fingerprint density at radius 1 is 1.50 bits per heavy atom. The number of amides is 1. The molecule has 2 fully saturated rings. The number of hydrogen-bond acceptors (Lipinski definition) is 2. The van der Waals surface area contributed by atoms with Crippen LogP contribution in [-0.2, 0) is 4.79 Å². The highest BCUT2D eigenvalue weighted by Crippen LogP contribution is 2.22. The number of quaternary nitrogens is 1. The molecule has 0 N–H and O–H groups in total. The molecular weight excluding hydrogens is 152 g/mol. The predicted molar refractivity (Wildman–Crippen MR) is 46.5 cm³/mol. The summed E-state index contributed by atoms with van der Waals surface area (Å²) in [5.41, 5.74) is 0. The Morgan fingerprint density at radius 3 is 2.58 bits per heavy atom. The van der Waals surface area contributed by atoms with E-state index in [-0.39, 0.29) is 5.91 Å². The molecule has 3 nitrogen and oxygen atoms in total. The van der Waals surface area contributed by atoms with E-state index >= 15 is 0 Å². The van der Waals surface area contributed by atoms with Gasteiger partial charge in [0.15, 0.2) is 0 Å². The summed E-state index contributed by atoms with van der Waals surface area (Å²) in [5, 5.41) is 0. The van der Waals surface area contributed by atoms with Crippen molar-refractivity contribution in [3.05, 3.63) is 12.7 Å². The van der Waals surface area contributed by atoms with Crippen LogP contribution in [0.1, 0.15) is 0 Å². The summed E-state index contributed by atoms with van der Waals surface area (Å²) in [6.07, 6.45) is 1.47. The van der Waals surface area contributed by atoms with Crippen molar-refractivity contribution in [3.8, 4) is 0 Å². The summed E-state index contributed by atoms with van der Waals surface area (Å²) in [6, 6.07) is 0. The molecule has 0 aromatic heterocycles. The van der Waals surface area contributed by atoms with E-state index in [0.717, 1.165) is 26.2 Å². The molecule has 2 aliphatic rings. The molecule has 0 radical (unpaired) electrons. The van der Waals surface area contributed by atoms with Crippen molar-refractivity contribution < 1.29 is 9.28 Å². The van der Waals surface area contributed by atoms with Crippen molar-refractivity contribution >= 4 is 5.91 Å². The highest BCUT2D eigenvalue weighted by Gasteiger charge is 2.48. The van der Waals surface area contributed by atoms with E-state index in [4.69, 9.17) is 0 Å². The van der Waals surface area contributed by atoms with Crippen molar-refractivity contribution in [1.82, 2.24) is 4.90 Å². The molecule has 0 aromatic rings. The van der Waals surface area contributed by atoms with Gasteiger partial charge in [0.1, 0.15) is 13.1 Å². The van der Waals surface area contributed by atoms with Crippen LogP contribution in [0.5, 0.6) is 0 Å². The van der Waals surface area contributed by atoms with Gasteiger partial charge in [-0.3, -0.25) is 4.90 Å². The minimum absolute atomic E-state index is 0.205. The number of rotatable bonds is 4. The Kier molecular flexibility index (Phi) is 1.77. The van der Waals surface area contributed by atoms with Gasteiger partial charge in [0.05, 0.1) is 6.54 Å². The number of carbonyl (C=O) groups is 1. The second-order valence-corrected chi connectivity index (χ2v) is 3.70. The molecule has 0 unspecified atom stereocenters. The minimum Gasteiger partial charge on any atom is -0.295 e. The van der Waals surface area contributed by atoms with E-state index < -0.39 is 0 Å². The Morgan fingerprint density at radius 2 is 2.17 bits per heavy atom. The first-order valence-corrected chi connectivity index (χ1v) is 4.52. The van der Waals surface area contributed by atoms with Gasteiger partial charge in [-0.15, -0.1) is 0 Å². The number of carbonyl (C=O) groups excluding carboxylic acids is 1. The molecule has 0 atom stereocenters. The second kappa shape index (κ2) is 2.68. The first kappa shape index (κ1) is 7.95. The molecule has 0 aliphatic carbocycles. The molecular formula is C9H15N2O+. The van der Waals surface area contributed by atoms with E-state index in [1.54, 1.807) is 0 Å². The molecule has 66 valence electrons. The lowest BCUT2D eigenvalue weighted by atomic mass is 10.4. The second-order valence-electron chi connectivity index (χ2n) is 3.70. The first-order chi connectivity index (χ1) is 5.77. The van der Waals surface area contributed by atoms with Crippen LogP contribution in [0.3, 0.4) is 0 Å². The molecule has 2 saturated heterocycles. The highest BCUT2D eigenvalue weighted by atomic mass is 16.2. The van der Waals surface area contributed by atoms with Crippen LogP contribution < -0.4 is 0 Å². The van der Waals surface area contributed by atoms with Crippen LogP contribution in [0.2, 0.25) is 0 Å². The molecule has 0 spiro atoms. The monoisotopic (exact) mass is 167 g/mol. The minimum atomic E-state index is 0.205. The zero-order chi connectivity index (χ0) is 8.60. The van der Waals surface area contributed by atoms with Crippen LogP contribution >= 0.6 is 0 Å². The standard InChI is InChI=1S/C9H15N2O/c1-2-9(12)11(7-8-11)6-5-10-3-4-10/h2H,1,3-8H2/q+1. The van der Waals surface area contributed by atoms with Gasteiger partial charge in [-0.1, -0.05) is 6.58 Å². The zero-order valence-corrected chi connectivity index (χ0v) is 7.33. The fourth-order valence-electron chi connectivity index (χ4n) is 1.50. The van der Waals surface area contributed by atoms with E-state index in [1.165, 1.54) is 19.2 Å². The van der Waals surface area contributed by atoms with Gasteiger partial charge < -0.3 is 0 Å². The van der Waals surface area contributed by atoms with Crippen molar-refractivity contribution in [1.29, 1.82) is 0 Å². The van der Waals surface area contributed by atoms with E-state index in [2.05, 4.69) is 11.5 Å². The van der Waals surface area contributed by atoms with Crippen LogP contribution in [0.4, 0.5) is 0 Å². The summed E-state index contributed by atoms with van der Waals surface area (Å²) in [4.78, 5) is 13.7. The third-order valence-corrected chi connectivity index (χ3v) is 2.79. The normalized spacial score (nSPS) is 25.0. The molecule has 1 amide bonds. The molecule has 12 heavy (non-hydrogen) atoms. The van der Waals surface area contributed by atoms with E-state index in [1.807, 2.05) is 0 Å². The van der Waals surface area contributed by atoms with Crippen LogP contribution in [0.15, 0.2) is 12.7 Å². The molecule has 2 aliphatic heterocycles. The van der Waals surface area contributed by atoms with Crippen LogP contribution in [0, 0.1) is 0 Å². The summed E-state index contributed by atoms with van der Waals surface area (Å²) in [6.45, 7) is 10.1. The van der Waals surface area contributed by atoms with Crippen LogP contribution in [0.25, 0.3) is 0 Å². The Labute approximate surface area is 72.8 Å². The smallest absolute Gasteiger partial charge is 0.295 e. The molecule has 0 bridgehead atoms. The maximum atomic E-state index is 11.4. The van der Waals surface area contributed by atoms with Gasteiger partial charge in [0.25, 0.3) is 0 Å². The maximum Gasteiger partial charge on any atom is 0.338 e. The zero-order valence-electron chi connectivity index (χ0n) is 7.33. The third-order valence-electron chi connectivity index (χ3n) is 2.79. The fourth-order valence-corrected chi connectivity index (χ4v) is 1.50. The SMILES string of the molecule is C=CC(=O)[N+]1(CCN2CC2)CC1. The number of hydrogen-bond donors (Lipinski definition) is 0. The van der Waals surface area contributed by atoms with Gasteiger partial charge >= 0.3 is 5.91 Å². The largest absolute Gasteiger partial charge is 0.338 e. The van der Waals surface area contributed by atoms with Crippen molar-refractivity contribution in [2.45, 2.75) is 0 Å². The average molecular weight is 167 g/mol. The first-order valence-electron chi connectivity index (χ1n) is 4.52. The molecule has 0 aromatic carbocycles. The average Bonchev–Trinajstić information content (AvgIpc) is 2.93. The summed E-state index contributed by atoms with van der Waals surface area (Å²) < 4.78 is 0.667. The lowest BCUT2D eigenvalue weighted by Crippen LogP contribution is -2.36. The summed E-state index contributed by atoms with van der Waals surface area (Å²) in [5.74, 6) is 0.205. The third kappa shape index (κ3) is 1.42. The Balaban J connectivity index is 1.83. The van der Waals surface area contributed by atoms with Gasteiger partial charge in [-0.25, -0.2) is 9.28 Å². The highest BCUT2D eigenvalue weighted by molar-refractivity contribution is 5.81. The quantitative estimate of drug-likeness (QED) is 0.329. The topological polar surface area (TPSA) is 20.1 Å². The van der Waals surface area contributed by atoms with Crippen LogP contribution in [-0.4, -0.2) is 54.6 Å². The molecule has 2 rings (SSSR count). The number of nitrogens with zero attached hydrogens (tertiary/aromatic N) is 2. The maximum absolute atomic E-state index is 11.4. The van der Waals surface area contributed by atoms with E-state index in [0.29, 0.717) is 4.48 Å². The lowest BCUT2D eigenvalue weighted by Gasteiger charge is -2.13. The van der Waals surface area contributed by atoms with Gasteiger partial charge in [-0.05, 0) is 0 Å². The molecule has 3 heteroatoms. The summed E-state index contributed by atoms with van der Waals surface area (Å²) in [7, 11) is 0. The Bertz CT molecular complexity index is 217. The van der Waals surface area contributed by atoms with Crippen molar-refractivity contribution in [2.24, 2.45) is 0 Å². The molecule has 2 heterocycles. The van der Waals surface area contributed by atoms with Crippen molar-refractivity contribution in [2.75, 3.05) is 39.3 Å². The van der Waals surface area contributed by atoms with Gasteiger partial charge in [0.2, 0.25) is 0 Å². The van der Waals surface area contributed by atoms with Gasteiger partial charge in [-0.2, -0.15) is 0 Å². The summed E-state index contributed by atoms with van der Waals surface area (Å²) >= 11 is 0.